The maximum absolute atomic E-state index is 4.53. The van der Waals surface area contributed by atoms with E-state index in [1.165, 1.54) is 0 Å². The molecule has 0 aliphatic carbocycles. The van der Waals surface area contributed by atoms with Gasteiger partial charge in [0.1, 0.15) is 0 Å². The second-order valence-electron chi connectivity index (χ2n) is 6.48. The Morgan fingerprint density at radius 1 is 1.50 bits per heavy atom. The molecule has 1 N–H and O–H groups in total. The van der Waals surface area contributed by atoms with Crippen molar-refractivity contribution in [3.63, 3.8) is 0 Å². The smallest absolute Gasteiger partial charge is 0.0544 e. The summed E-state index contributed by atoms with van der Waals surface area (Å²) in [7, 11) is 0. The first-order valence-corrected chi connectivity index (χ1v) is 8.32. The van der Waals surface area contributed by atoms with Gasteiger partial charge in [0.25, 0.3) is 0 Å². The summed E-state index contributed by atoms with van der Waals surface area (Å²) in [5, 5.41) is 3.73. The molecule has 2 unspecified atom stereocenters. The molecule has 4 heteroatoms. The van der Waals surface area contributed by atoms with Gasteiger partial charge in [0.15, 0.2) is 0 Å². The SMILES string of the molecule is CCC1(C)CN(Cc2ccc(Br)cn2)C(C(C)C)CN1. The molecule has 1 fully saturated rings. The second-order valence-corrected chi connectivity index (χ2v) is 7.39. The number of hydrogen-bond donors (Lipinski definition) is 1. The molecule has 1 aromatic rings. The van der Waals surface area contributed by atoms with Crippen molar-refractivity contribution < 1.29 is 0 Å². The van der Waals surface area contributed by atoms with Crippen molar-refractivity contribution in [1.82, 2.24) is 15.2 Å². The van der Waals surface area contributed by atoms with Crippen LogP contribution in [0.1, 0.15) is 39.8 Å². The summed E-state index contributed by atoms with van der Waals surface area (Å²) in [6.07, 6.45) is 3.04. The molecule has 0 radical (unpaired) electrons. The molecule has 1 saturated heterocycles. The Hall–Kier alpha value is -0.450. The molecule has 0 saturated carbocycles. The van der Waals surface area contributed by atoms with Gasteiger partial charge in [0.2, 0.25) is 0 Å². The van der Waals surface area contributed by atoms with E-state index in [0.29, 0.717) is 12.0 Å². The number of aromatic nitrogens is 1. The molecule has 3 nitrogen and oxygen atoms in total. The quantitative estimate of drug-likeness (QED) is 0.910. The molecular formula is C16H26BrN3. The first-order chi connectivity index (χ1) is 9.43. The van der Waals surface area contributed by atoms with Crippen molar-refractivity contribution >= 4 is 15.9 Å². The Morgan fingerprint density at radius 2 is 2.25 bits per heavy atom. The van der Waals surface area contributed by atoms with Crippen LogP contribution in [0.25, 0.3) is 0 Å². The van der Waals surface area contributed by atoms with Crippen molar-refractivity contribution in [2.45, 2.75) is 52.2 Å². The van der Waals surface area contributed by atoms with Crippen LogP contribution in [0.4, 0.5) is 0 Å². The highest BCUT2D eigenvalue weighted by Crippen LogP contribution is 2.24. The number of piperazine rings is 1. The Morgan fingerprint density at radius 3 is 2.80 bits per heavy atom. The fourth-order valence-electron chi connectivity index (χ4n) is 2.88. The molecule has 0 bridgehead atoms. The number of hydrogen-bond acceptors (Lipinski definition) is 3. The van der Waals surface area contributed by atoms with E-state index in [2.05, 4.69) is 71.0 Å². The van der Waals surface area contributed by atoms with Crippen LogP contribution in [0.3, 0.4) is 0 Å². The lowest BCUT2D eigenvalue weighted by atomic mass is 9.90. The zero-order valence-corrected chi connectivity index (χ0v) is 14.6. The zero-order chi connectivity index (χ0) is 14.8. The minimum absolute atomic E-state index is 0.223. The minimum atomic E-state index is 0.223. The number of halogens is 1. The van der Waals surface area contributed by atoms with E-state index in [-0.39, 0.29) is 5.54 Å². The molecule has 2 atom stereocenters. The van der Waals surface area contributed by atoms with Crippen LogP contribution in [-0.4, -0.2) is 34.6 Å². The molecule has 112 valence electrons. The van der Waals surface area contributed by atoms with Gasteiger partial charge >= 0.3 is 0 Å². The molecule has 2 heterocycles. The van der Waals surface area contributed by atoms with Crippen molar-refractivity contribution in [2.75, 3.05) is 13.1 Å². The molecule has 1 aliphatic heterocycles. The Balaban J connectivity index is 2.13. The Kier molecular flexibility index (Phi) is 5.21. The third-order valence-electron chi connectivity index (χ3n) is 4.46. The number of nitrogens with one attached hydrogen (secondary N) is 1. The number of pyridine rings is 1. The predicted octanol–water partition coefficient (Wildman–Crippen LogP) is 3.44. The van der Waals surface area contributed by atoms with E-state index in [1.54, 1.807) is 0 Å². The summed E-state index contributed by atoms with van der Waals surface area (Å²) >= 11 is 3.45. The predicted molar refractivity (Wildman–Crippen MR) is 87.7 cm³/mol. The average molecular weight is 340 g/mol. The lowest BCUT2D eigenvalue weighted by Crippen LogP contribution is -2.63. The van der Waals surface area contributed by atoms with E-state index in [9.17, 15) is 0 Å². The normalized spacial score (nSPS) is 28.0. The van der Waals surface area contributed by atoms with Crippen LogP contribution >= 0.6 is 15.9 Å². The lowest BCUT2D eigenvalue weighted by molar-refractivity contribution is 0.0529. The van der Waals surface area contributed by atoms with Gasteiger partial charge in [-0.1, -0.05) is 20.8 Å². The maximum atomic E-state index is 4.53. The van der Waals surface area contributed by atoms with E-state index < -0.39 is 0 Å². The van der Waals surface area contributed by atoms with E-state index >= 15 is 0 Å². The molecule has 20 heavy (non-hydrogen) atoms. The van der Waals surface area contributed by atoms with Gasteiger partial charge in [-0.05, 0) is 47.3 Å². The van der Waals surface area contributed by atoms with Gasteiger partial charge in [-0.3, -0.25) is 9.88 Å². The summed E-state index contributed by atoms with van der Waals surface area (Å²) in [5.41, 5.74) is 1.38. The third kappa shape index (κ3) is 3.80. The lowest BCUT2D eigenvalue weighted by Gasteiger charge is -2.47. The highest BCUT2D eigenvalue weighted by atomic mass is 79.9. The molecular weight excluding hydrogens is 314 g/mol. The summed E-state index contributed by atoms with van der Waals surface area (Å²) in [6.45, 7) is 12.3. The number of nitrogens with zero attached hydrogens (tertiary/aromatic N) is 2. The first-order valence-electron chi connectivity index (χ1n) is 7.53. The van der Waals surface area contributed by atoms with Gasteiger partial charge < -0.3 is 5.32 Å². The molecule has 0 amide bonds. The topological polar surface area (TPSA) is 28.2 Å². The molecule has 1 aromatic heterocycles. The molecule has 0 aromatic carbocycles. The standard InChI is InChI=1S/C16H26BrN3/c1-5-16(4)11-20(15(9-19-16)12(2)3)10-14-7-6-13(17)8-18-14/h6-8,12,15,19H,5,9-11H2,1-4H3. The van der Waals surface area contributed by atoms with Crippen LogP contribution in [0.2, 0.25) is 0 Å². The van der Waals surface area contributed by atoms with Crippen LogP contribution in [-0.2, 0) is 6.54 Å². The van der Waals surface area contributed by atoms with Crippen LogP contribution < -0.4 is 5.32 Å². The molecule has 0 spiro atoms. The van der Waals surface area contributed by atoms with Crippen molar-refractivity contribution in [3.8, 4) is 0 Å². The maximum Gasteiger partial charge on any atom is 0.0544 e. The van der Waals surface area contributed by atoms with Crippen molar-refractivity contribution in [2.24, 2.45) is 5.92 Å². The monoisotopic (exact) mass is 339 g/mol. The summed E-state index contributed by atoms with van der Waals surface area (Å²) < 4.78 is 1.04. The van der Waals surface area contributed by atoms with Gasteiger partial charge in [0, 0.05) is 41.9 Å². The van der Waals surface area contributed by atoms with Gasteiger partial charge in [-0.2, -0.15) is 0 Å². The van der Waals surface area contributed by atoms with Gasteiger partial charge in [0.05, 0.1) is 5.69 Å². The summed E-state index contributed by atoms with van der Waals surface area (Å²) in [5.74, 6) is 0.652. The van der Waals surface area contributed by atoms with E-state index in [1.807, 2.05) is 6.20 Å². The Labute approximate surface area is 131 Å². The van der Waals surface area contributed by atoms with Crippen molar-refractivity contribution in [3.05, 3.63) is 28.5 Å². The highest BCUT2D eigenvalue weighted by molar-refractivity contribution is 9.10. The first kappa shape index (κ1) is 15.9. The second kappa shape index (κ2) is 6.54. The average Bonchev–Trinajstić information content (AvgIpc) is 2.41. The van der Waals surface area contributed by atoms with Crippen LogP contribution in [0.5, 0.6) is 0 Å². The van der Waals surface area contributed by atoms with Gasteiger partial charge in [-0.15, -0.1) is 0 Å². The summed E-state index contributed by atoms with van der Waals surface area (Å²) in [4.78, 5) is 7.13. The molecule has 1 aliphatic rings. The zero-order valence-electron chi connectivity index (χ0n) is 13.0. The van der Waals surface area contributed by atoms with E-state index in [4.69, 9.17) is 0 Å². The van der Waals surface area contributed by atoms with Crippen LogP contribution in [0, 0.1) is 5.92 Å². The fourth-order valence-corrected chi connectivity index (χ4v) is 3.11. The minimum Gasteiger partial charge on any atom is -0.309 e. The summed E-state index contributed by atoms with van der Waals surface area (Å²) in [6, 6.07) is 4.78. The van der Waals surface area contributed by atoms with Gasteiger partial charge in [-0.25, -0.2) is 0 Å². The largest absolute Gasteiger partial charge is 0.309 e. The number of rotatable bonds is 4. The molecule has 2 rings (SSSR count). The van der Waals surface area contributed by atoms with Crippen molar-refractivity contribution in [1.29, 1.82) is 0 Å². The Bertz CT molecular complexity index is 432. The fraction of sp³-hybridized carbons (Fsp3) is 0.688. The van der Waals surface area contributed by atoms with E-state index in [0.717, 1.165) is 36.2 Å². The highest BCUT2D eigenvalue weighted by Gasteiger charge is 2.35. The van der Waals surface area contributed by atoms with Crippen LogP contribution in [0.15, 0.2) is 22.8 Å². The third-order valence-corrected chi connectivity index (χ3v) is 4.93.